The first kappa shape index (κ1) is 47.4. The van der Waals surface area contributed by atoms with Crippen LogP contribution in [0.1, 0.15) is 62.9 Å². The maximum Gasteiger partial charge on any atom is 0.496 e. The topological polar surface area (TPSA) is 148 Å². The van der Waals surface area contributed by atoms with Crippen molar-refractivity contribution in [2.75, 3.05) is 41.2 Å². The predicted octanol–water partition coefficient (Wildman–Crippen LogP) is 9.53. The second-order valence-electron chi connectivity index (χ2n) is 14.0. The van der Waals surface area contributed by atoms with E-state index >= 15 is 0 Å². The van der Waals surface area contributed by atoms with E-state index in [1.807, 2.05) is 33.8 Å². The van der Waals surface area contributed by atoms with Crippen molar-refractivity contribution < 1.29 is 57.5 Å². The Balaban J connectivity index is 0.000000179. The van der Waals surface area contributed by atoms with Gasteiger partial charge in [-0.15, -0.1) is 0 Å². The number of fused-ring (bicyclic) bond motifs is 2. The SMILES string of the molecule is CC1(C)OB(c2ccc3c(c2Cl)OCCC3)OC1(C)C.COc1ccc2c(c1Cl)OCCC2=O.COc1cccc(O)c1Cl.COc1cccc(OCCC(=O)O)c1Cl. The lowest BCUT2D eigenvalue weighted by Gasteiger charge is -2.32. The van der Waals surface area contributed by atoms with E-state index in [9.17, 15) is 9.59 Å². The molecule has 0 spiro atoms. The molecule has 1 saturated heterocycles. The van der Waals surface area contributed by atoms with Crippen LogP contribution >= 0.6 is 46.4 Å². The fourth-order valence-electron chi connectivity index (χ4n) is 5.65. The molecule has 0 radical (unpaired) electrons. The quantitative estimate of drug-likeness (QED) is 0.162. The van der Waals surface area contributed by atoms with E-state index < -0.39 is 13.1 Å². The summed E-state index contributed by atoms with van der Waals surface area (Å²) in [4.78, 5) is 21.7. The van der Waals surface area contributed by atoms with E-state index in [1.165, 1.54) is 33.0 Å². The molecule has 7 rings (SSSR count). The summed E-state index contributed by atoms with van der Waals surface area (Å²) in [5.41, 5.74) is 1.84. The number of Topliss-reactive ketones (excluding diaryl/α,β-unsaturated/α-hetero) is 1. The van der Waals surface area contributed by atoms with Crippen LogP contribution in [-0.4, -0.2) is 81.4 Å². The number of hydrogen-bond acceptors (Lipinski definition) is 11. The lowest BCUT2D eigenvalue weighted by Crippen LogP contribution is -2.41. The highest BCUT2D eigenvalue weighted by Gasteiger charge is 2.52. The van der Waals surface area contributed by atoms with Crippen LogP contribution in [0.15, 0.2) is 60.7 Å². The molecule has 3 aliphatic heterocycles. The number of carboxylic acid groups (broad SMARTS) is 1. The Morgan fingerprint density at radius 1 is 0.712 bits per heavy atom. The van der Waals surface area contributed by atoms with Gasteiger partial charge in [0.2, 0.25) is 0 Å². The number of phenols is 1. The number of rotatable bonds is 8. The molecule has 4 aromatic carbocycles. The Morgan fingerprint density at radius 2 is 1.29 bits per heavy atom. The van der Waals surface area contributed by atoms with Crippen LogP contribution in [0.4, 0.5) is 0 Å². The van der Waals surface area contributed by atoms with Gasteiger partial charge in [0, 0.05) is 11.9 Å². The normalized spacial score (nSPS) is 15.4. The highest BCUT2D eigenvalue weighted by atomic mass is 35.5. The van der Waals surface area contributed by atoms with Gasteiger partial charge in [-0.3, -0.25) is 9.59 Å². The fraction of sp³-hybridized carbons (Fsp3) is 0.381. The Labute approximate surface area is 364 Å². The molecule has 0 aromatic heterocycles. The summed E-state index contributed by atoms with van der Waals surface area (Å²) >= 11 is 24.0. The van der Waals surface area contributed by atoms with Crippen molar-refractivity contribution in [2.24, 2.45) is 0 Å². The van der Waals surface area contributed by atoms with Gasteiger partial charge in [-0.2, -0.15) is 0 Å². The Bertz CT molecular complexity index is 2080. The zero-order valence-electron chi connectivity index (χ0n) is 33.8. The number of phenolic OH excluding ortho intramolecular Hbond substituents is 1. The van der Waals surface area contributed by atoms with Crippen molar-refractivity contribution in [1.82, 2.24) is 0 Å². The first-order chi connectivity index (χ1) is 28.0. The minimum absolute atomic E-state index is 0.0426. The van der Waals surface area contributed by atoms with Gasteiger partial charge in [0.25, 0.3) is 0 Å². The van der Waals surface area contributed by atoms with Gasteiger partial charge in [-0.25, -0.2) is 0 Å². The van der Waals surface area contributed by atoms with Gasteiger partial charge in [-0.05, 0) is 82.5 Å². The molecule has 3 heterocycles. The molecule has 1 fully saturated rings. The summed E-state index contributed by atoms with van der Waals surface area (Å²) in [5, 5.41) is 19.0. The molecule has 318 valence electrons. The number of carbonyl (C=O) groups excluding carboxylic acids is 1. The van der Waals surface area contributed by atoms with E-state index in [2.05, 4.69) is 6.07 Å². The molecule has 59 heavy (non-hydrogen) atoms. The Kier molecular flexibility index (Phi) is 17.2. The third-order valence-electron chi connectivity index (χ3n) is 9.59. The maximum atomic E-state index is 11.5. The lowest BCUT2D eigenvalue weighted by atomic mass is 9.78. The van der Waals surface area contributed by atoms with E-state index in [1.54, 1.807) is 42.5 Å². The molecule has 0 aliphatic carbocycles. The second kappa shape index (κ2) is 21.3. The molecule has 3 aliphatic rings. The Morgan fingerprint density at radius 3 is 1.90 bits per heavy atom. The molecule has 0 unspecified atom stereocenters. The zero-order chi connectivity index (χ0) is 43.5. The predicted molar refractivity (Wildman–Crippen MR) is 229 cm³/mol. The number of ketones is 1. The molecule has 2 N–H and O–H groups in total. The van der Waals surface area contributed by atoms with Crippen molar-refractivity contribution >= 4 is 70.7 Å². The fourth-order valence-corrected chi connectivity index (χ4v) is 6.74. The molecule has 12 nitrogen and oxygen atoms in total. The van der Waals surface area contributed by atoms with Crippen LogP contribution in [0.5, 0.6) is 40.2 Å². The van der Waals surface area contributed by atoms with Gasteiger partial charge >= 0.3 is 13.1 Å². The molecule has 0 saturated carbocycles. The average Bonchev–Trinajstić information content (AvgIpc) is 3.43. The molecule has 4 aromatic rings. The monoisotopic (exact) mass is 894 g/mol. The van der Waals surface area contributed by atoms with Gasteiger partial charge in [0.05, 0.1) is 69.4 Å². The van der Waals surface area contributed by atoms with Crippen molar-refractivity contribution in [3.63, 3.8) is 0 Å². The van der Waals surface area contributed by atoms with Crippen molar-refractivity contribution in [1.29, 1.82) is 0 Å². The summed E-state index contributed by atoms with van der Waals surface area (Å²) < 4.78 is 43.2. The van der Waals surface area contributed by atoms with Crippen LogP contribution in [0.25, 0.3) is 0 Å². The number of aliphatic carboxylic acids is 1. The van der Waals surface area contributed by atoms with E-state index in [0.717, 1.165) is 30.7 Å². The molecule has 0 amide bonds. The average molecular weight is 896 g/mol. The van der Waals surface area contributed by atoms with E-state index in [0.29, 0.717) is 62.4 Å². The summed E-state index contributed by atoms with van der Waals surface area (Å²) in [5.74, 6) is 2.39. The number of aromatic hydroxyl groups is 1. The smallest absolute Gasteiger partial charge is 0.496 e. The van der Waals surface area contributed by atoms with Crippen LogP contribution in [0, 0.1) is 0 Å². The summed E-state index contributed by atoms with van der Waals surface area (Å²) in [6, 6.07) is 17.4. The zero-order valence-corrected chi connectivity index (χ0v) is 36.8. The highest BCUT2D eigenvalue weighted by Crippen LogP contribution is 2.41. The number of methoxy groups -OCH3 is 3. The van der Waals surface area contributed by atoms with Crippen molar-refractivity contribution in [3.05, 3.63) is 91.9 Å². The molecule has 0 bridgehead atoms. The van der Waals surface area contributed by atoms with E-state index in [-0.39, 0.29) is 40.8 Å². The van der Waals surface area contributed by atoms with Crippen LogP contribution < -0.4 is 33.9 Å². The third-order valence-corrected chi connectivity index (χ3v) is 11.1. The van der Waals surface area contributed by atoms with E-state index in [4.69, 9.17) is 94.3 Å². The summed E-state index contributed by atoms with van der Waals surface area (Å²) in [6.07, 6.45) is 2.40. The van der Waals surface area contributed by atoms with Crippen molar-refractivity contribution in [3.8, 4) is 40.2 Å². The number of carbonyl (C=O) groups is 2. The molecule has 17 heteroatoms. The van der Waals surface area contributed by atoms with Crippen LogP contribution in [0.3, 0.4) is 0 Å². The van der Waals surface area contributed by atoms with Gasteiger partial charge in [-0.1, -0.05) is 70.7 Å². The number of halogens is 4. The summed E-state index contributed by atoms with van der Waals surface area (Å²) in [7, 11) is 4.09. The number of benzene rings is 4. The van der Waals surface area contributed by atoms with Gasteiger partial charge in [0.1, 0.15) is 49.6 Å². The largest absolute Gasteiger partial charge is 0.506 e. The molecular weight excluding hydrogens is 849 g/mol. The minimum atomic E-state index is -0.908. The van der Waals surface area contributed by atoms with Crippen molar-refractivity contribution in [2.45, 2.75) is 64.6 Å². The van der Waals surface area contributed by atoms with Crippen LogP contribution in [0.2, 0.25) is 20.1 Å². The lowest BCUT2D eigenvalue weighted by molar-refractivity contribution is -0.137. The third kappa shape index (κ3) is 12.0. The molecule has 0 atom stereocenters. The standard InChI is InChI=1S/C15H20BClO3.C10H11ClO4.C10H9ClO3.C7H7ClO2/c1-14(2)15(3,4)20-16(19-14)11-8-7-10-6-5-9-18-13(10)12(11)17;1-14-7-3-2-4-8(10(7)11)15-6-5-9(12)13;1-13-8-3-2-6-7(12)4-5-14-10(6)9(8)11;1-10-6-4-2-3-5(9)7(6)8/h7-8H,5-6,9H2,1-4H3;2-4H,5-6H2,1H3,(H,12,13);2-3H,4-5H2,1H3;2-4,9H,1H3. The number of carboxylic acids is 1. The number of hydrogen-bond donors (Lipinski definition) is 2. The number of ether oxygens (including phenoxy) is 6. The second-order valence-corrected chi connectivity index (χ2v) is 15.5. The first-order valence-corrected chi connectivity index (χ1v) is 20.0. The number of aryl methyl sites for hydroxylation is 1. The maximum absolute atomic E-state index is 11.5. The minimum Gasteiger partial charge on any atom is -0.506 e. The van der Waals surface area contributed by atoms with Crippen LogP contribution in [-0.2, 0) is 20.5 Å². The first-order valence-electron chi connectivity index (χ1n) is 18.5. The molecular formula is C42H47BCl4O12. The Hall–Kier alpha value is -4.24. The van der Waals surface area contributed by atoms with Gasteiger partial charge < -0.3 is 47.9 Å². The highest BCUT2D eigenvalue weighted by molar-refractivity contribution is 6.66. The van der Waals surface area contributed by atoms with Gasteiger partial charge in [0.15, 0.2) is 11.5 Å². The summed E-state index contributed by atoms with van der Waals surface area (Å²) in [6.45, 7) is 9.34.